The number of carbonyl (C=O) groups is 3. The number of nitrogens with zero attached hydrogens (tertiary/aromatic N) is 2. The second-order valence-corrected chi connectivity index (χ2v) is 11.5. The van der Waals surface area contributed by atoms with Crippen molar-refractivity contribution in [3.05, 3.63) is 0 Å². The summed E-state index contributed by atoms with van der Waals surface area (Å²) in [6, 6.07) is -0.515. The van der Waals surface area contributed by atoms with E-state index in [2.05, 4.69) is 31.4 Å². The maximum atomic E-state index is 12.9. The molecule has 30 heavy (non-hydrogen) atoms. The van der Waals surface area contributed by atoms with Gasteiger partial charge in [-0.05, 0) is 43.4 Å². The minimum atomic E-state index is -3.26. The fourth-order valence-electron chi connectivity index (χ4n) is 4.38. The third kappa shape index (κ3) is 5.72. The van der Waals surface area contributed by atoms with Gasteiger partial charge in [-0.15, -0.1) is 0 Å². The molecule has 1 aliphatic heterocycles. The van der Waals surface area contributed by atoms with Gasteiger partial charge in [0.25, 0.3) is 5.91 Å². The molecule has 0 atom stereocenters. The Kier molecular flexibility index (Phi) is 7.55. The second-order valence-electron chi connectivity index (χ2n) is 9.50. The monoisotopic (exact) mass is 444 g/mol. The molecule has 1 heterocycles. The minimum Gasteiger partial charge on any atom is -0.354 e. The summed E-state index contributed by atoms with van der Waals surface area (Å²) in [7, 11) is -3.26. The van der Waals surface area contributed by atoms with Crippen molar-refractivity contribution < 1.29 is 22.8 Å². The van der Waals surface area contributed by atoms with E-state index in [1.54, 1.807) is 6.92 Å². The first-order valence-corrected chi connectivity index (χ1v) is 12.5. The largest absolute Gasteiger partial charge is 0.354 e. The molecule has 0 radical (unpaired) electrons. The summed E-state index contributed by atoms with van der Waals surface area (Å²) in [5.41, 5.74) is -0.715. The fraction of sp³-hybridized carbons (Fsp3) is 0.850. The van der Waals surface area contributed by atoms with Gasteiger partial charge in [0.1, 0.15) is 12.1 Å². The van der Waals surface area contributed by atoms with Crippen molar-refractivity contribution in [2.75, 3.05) is 32.4 Å². The molecule has 0 aromatic rings. The molecule has 2 fully saturated rings. The second kappa shape index (κ2) is 9.21. The van der Waals surface area contributed by atoms with Crippen LogP contribution in [0.1, 0.15) is 59.8 Å². The van der Waals surface area contributed by atoms with Gasteiger partial charge in [0.2, 0.25) is 15.9 Å². The normalized spacial score (nSPS) is 25.1. The molecule has 0 unspecified atom stereocenters. The van der Waals surface area contributed by atoms with Crippen LogP contribution in [0.15, 0.2) is 0 Å². The highest BCUT2D eigenvalue weighted by Gasteiger charge is 2.53. The van der Waals surface area contributed by atoms with Gasteiger partial charge >= 0.3 is 6.03 Å². The average molecular weight is 445 g/mol. The molecular formula is C20H36N4O5S. The van der Waals surface area contributed by atoms with E-state index in [1.165, 1.54) is 4.31 Å². The molecule has 9 nitrogen and oxygen atoms in total. The van der Waals surface area contributed by atoms with Gasteiger partial charge in [0.05, 0.1) is 6.26 Å². The molecule has 10 heteroatoms. The molecule has 1 saturated carbocycles. The zero-order valence-electron chi connectivity index (χ0n) is 18.8. The zero-order valence-corrected chi connectivity index (χ0v) is 19.6. The number of urea groups is 1. The van der Waals surface area contributed by atoms with Crippen molar-refractivity contribution in [3.63, 3.8) is 0 Å². The highest BCUT2D eigenvalue weighted by atomic mass is 32.2. The van der Waals surface area contributed by atoms with Crippen molar-refractivity contribution in [3.8, 4) is 0 Å². The van der Waals surface area contributed by atoms with Crippen molar-refractivity contribution in [2.24, 2.45) is 11.3 Å². The number of sulfonamides is 1. The van der Waals surface area contributed by atoms with Crippen LogP contribution in [-0.4, -0.2) is 73.4 Å². The molecule has 1 aliphatic carbocycles. The summed E-state index contributed by atoms with van der Waals surface area (Å²) in [5.74, 6) is -0.245. The number of hydrogen-bond donors (Lipinski definition) is 2. The first kappa shape index (κ1) is 24.6. The summed E-state index contributed by atoms with van der Waals surface area (Å²) in [4.78, 5) is 38.6. The van der Waals surface area contributed by atoms with Crippen LogP contribution in [0.4, 0.5) is 4.79 Å². The van der Waals surface area contributed by atoms with Crippen molar-refractivity contribution >= 4 is 27.9 Å². The Morgan fingerprint density at radius 3 is 2.37 bits per heavy atom. The van der Waals surface area contributed by atoms with E-state index in [-0.39, 0.29) is 24.4 Å². The summed E-state index contributed by atoms with van der Waals surface area (Å²) < 4.78 is 24.5. The smallest absolute Gasteiger partial charge is 0.325 e. The lowest BCUT2D eigenvalue weighted by Gasteiger charge is -2.40. The number of rotatable bonds is 8. The van der Waals surface area contributed by atoms with Crippen LogP contribution in [0.25, 0.3) is 0 Å². The Balaban J connectivity index is 1.84. The Hall–Kier alpha value is -1.68. The van der Waals surface area contributed by atoms with Gasteiger partial charge in [0.15, 0.2) is 0 Å². The maximum absolute atomic E-state index is 12.9. The van der Waals surface area contributed by atoms with Crippen molar-refractivity contribution in [1.82, 2.24) is 19.8 Å². The molecule has 0 aromatic carbocycles. The quantitative estimate of drug-likeness (QED) is 0.432. The van der Waals surface area contributed by atoms with Gasteiger partial charge in [-0.2, -0.15) is 0 Å². The topological polar surface area (TPSA) is 116 Å². The lowest BCUT2D eigenvalue weighted by atomic mass is 9.67. The van der Waals surface area contributed by atoms with Gasteiger partial charge in [-0.1, -0.05) is 27.7 Å². The molecule has 2 aliphatic rings. The summed E-state index contributed by atoms with van der Waals surface area (Å²) in [6.45, 7) is 8.95. The third-order valence-electron chi connectivity index (χ3n) is 6.34. The van der Waals surface area contributed by atoms with Gasteiger partial charge in [0, 0.05) is 19.6 Å². The molecule has 2 N–H and O–H groups in total. The van der Waals surface area contributed by atoms with Gasteiger partial charge in [-0.25, -0.2) is 17.5 Å². The van der Waals surface area contributed by atoms with Crippen LogP contribution in [0, 0.1) is 11.3 Å². The summed E-state index contributed by atoms with van der Waals surface area (Å²) in [6.07, 6.45) is 4.52. The molecule has 2 rings (SSSR count). The predicted molar refractivity (Wildman–Crippen MR) is 114 cm³/mol. The Morgan fingerprint density at radius 1 is 1.27 bits per heavy atom. The van der Waals surface area contributed by atoms with Crippen LogP contribution in [-0.2, 0) is 19.6 Å². The molecule has 4 amide bonds. The number of amides is 4. The van der Waals surface area contributed by atoms with Crippen molar-refractivity contribution in [1.29, 1.82) is 0 Å². The van der Waals surface area contributed by atoms with Crippen LogP contribution in [0.2, 0.25) is 0 Å². The average Bonchev–Trinajstić information content (AvgIpc) is 2.84. The van der Waals surface area contributed by atoms with E-state index in [1.807, 2.05) is 0 Å². The maximum Gasteiger partial charge on any atom is 0.325 e. The number of nitrogens with one attached hydrogen (secondary N) is 2. The molecule has 0 bridgehead atoms. The highest BCUT2D eigenvalue weighted by Crippen LogP contribution is 2.43. The van der Waals surface area contributed by atoms with E-state index < -0.39 is 27.5 Å². The van der Waals surface area contributed by atoms with Crippen molar-refractivity contribution in [2.45, 2.75) is 65.3 Å². The number of imide groups is 1. The Bertz CT molecular complexity index is 767. The standard InChI is InChI=1S/C20H36N4O5S/c1-6-23(30(5,28)29)13-7-12-21-16(25)14-24-17(26)20(22-18(24)27)10-8-15(9-11-20)19(2,3)4/h15H,6-14H2,1-5H3,(H,21,25)(H,22,27). The highest BCUT2D eigenvalue weighted by molar-refractivity contribution is 7.88. The van der Waals surface area contributed by atoms with Crippen LogP contribution in [0.3, 0.4) is 0 Å². The van der Waals surface area contributed by atoms with Crippen LogP contribution >= 0.6 is 0 Å². The molecule has 172 valence electrons. The van der Waals surface area contributed by atoms with Gasteiger partial charge < -0.3 is 10.6 Å². The number of hydrogen-bond acceptors (Lipinski definition) is 5. The van der Waals surface area contributed by atoms with E-state index >= 15 is 0 Å². The first-order valence-electron chi connectivity index (χ1n) is 10.7. The van der Waals surface area contributed by atoms with E-state index in [9.17, 15) is 22.8 Å². The van der Waals surface area contributed by atoms with E-state index in [4.69, 9.17) is 0 Å². The van der Waals surface area contributed by atoms with E-state index in [0.29, 0.717) is 38.3 Å². The van der Waals surface area contributed by atoms with E-state index in [0.717, 1.165) is 24.0 Å². The Morgan fingerprint density at radius 2 is 1.87 bits per heavy atom. The predicted octanol–water partition coefficient (Wildman–Crippen LogP) is 1.30. The Labute approximate surface area is 180 Å². The molecule has 0 aromatic heterocycles. The SMILES string of the molecule is CCN(CCCNC(=O)CN1C(=O)NC2(CCC(C(C)(C)C)CC2)C1=O)S(C)(=O)=O. The minimum absolute atomic E-state index is 0.164. The third-order valence-corrected chi connectivity index (χ3v) is 7.72. The zero-order chi connectivity index (χ0) is 22.7. The lowest BCUT2D eigenvalue weighted by Crippen LogP contribution is -2.51. The first-order chi connectivity index (χ1) is 13.8. The van der Waals surface area contributed by atoms with Crippen LogP contribution in [0.5, 0.6) is 0 Å². The fourth-order valence-corrected chi connectivity index (χ4v) is 5.31. The molecular weight excluding hydrogens is 408 g/mol. The summed E-state index contributed by atoms with van der Waals surface area (Å²) >= 11 is 0. The molecule has 1 spiro atoms. The van der Waals surface area contributed by atoms with Gasteiger partial charge in [-0.3, -0.25) is 14.5 Å². The summed E-state index contributed by atoms with van der Waals surface area (Å²) in [5, 5.41) is 5.50. The molecule has 1 saturated heterocycles. The lowest BCUT2D eigenvalue weighted by molar-refractivity contribution is -0.136. The number of carbonyl (C=O) groups excluding carboxylic acids is 3. The van der Waals surface area contributed by atoms with Crippen LogP contribution < -0.4 is 10.6 Å².